The van der Waals surface area contributed by atoms with Crippen LogP contribution in [0, 0.1) is 0 Å². The van der Waals surface area contributed by atoms with Crippen molar-refractivity contribution in [1.82, 2.24) is 4.98 Å². The monoisotopic (exact) mass is 307 g/mol. The summed E-state index contributed by atoms with van der Waals surface area (Å²) >= 11 is 0. The Balaban J connectivity index is 0.00000242. The van der Waals surface area contributed by atoms with E-state index in [1.54, 1.807) is 30.7 Å². The summed E-state index contributed by atoms with van der Waals surface area (Å²) in [5, 5.41) is 21.0. The molecule has 0 unspecified atom stereocenters. The van der Waals surface area contributed by atoms with E-state index in [9.17, 15) is 15.0 Å². The van der Waals surface area contributed by atoms with Crippen molar-refractivity contribution in [3.8, 4) is 11.5 Å². The number of phenols is 1. The third-order valence-corrected chi connectivity index (χ3v) is 2.93. The molecule has 0 aliphatic carbocycles. The Kier molecular flexibility index (Phi) is 6.09. The molecule has 1 aromatic heterocycles. The van der Waals surface area contributed by atoms with Crippen molar-refractivity contribution in [2.45, 2.75) is 12.5 Å². The molecular formula is C14H17N3O5. The Bertz CT molecular complexity index is 640. The van der Waals surface area contributed by atoms with E-state index >= 15 is 0 Å². The van der Waals surface area contributed by atoms with Crippen LogP contribution in [0.3, 0.4) is 0 Å². The number of aromatic hydroxyl groups is 1. The molecule has 0 fully saturated rings. The Hall–Kier alpha value is -2.87. The molecule has 0 saturated heterocycles. The minimum atomic E-state index is -1.29. The first kappa shape index (κ1) is 17.2. The number of methoxy groups -OCH3 is 1. The van der Waals surface area contributed by atoms with Crippen molar-refractivity contribution in [3.05, 3.63) is 42.0 Å². The van der Waals surface area contributed by atoms with E-state index in [4.69, 9.17) is 4.74 Å². The Labute approximate surface area is 126 Å². The summed E-state index contributed by atoms with van der Waals surface area (Å²) in [5.74, 6) is -1.08. The van der Waals surface area contributed by atoms with E-state index in [1.807, 2.05) is 0 Å². The largest absolute Gasteiger partial charge is 0.548 e. The molecule has 0 bridgehead atoms. The maximum absolute atomic E-state index is 11.1. The molecule has 0 aliphatic rings. The molecule has 1 heterocycles. The van der Waals surface area contributed by atoms with E-state index in [-0.39, 0.29) is 17.6 Å². The second kappa shape index (κ2) is 7.79. The van der Waals surface area contributed by atoms with E-state index in [0.717, 1.165) is 0 Å². The first-order valence-electron chi connectivity index (χ1n) is 6.25. The zero-order valence-corrected chi connectivity index (χ0v) is 11.9. The van der Waals surface area contributed by atoms with Crippen molar-refractivity contribution in [3.63, 3.8) is 0 Å². The maximum Gasteiger partial charge on any atom is 0.239 e. The van der Waals surface area contributed by atoms with Crippen LogP contribution in [-0.2, 0) is 11.2 Å². The number of hydrogen-bond donors (Lipinski definition) is 2. The van der Waals surface area contributed by atoms with Gasteiger partial charge in [0.2, 0.25) is 6.33 Å². The van der Waals surface area contributed by atoms with Crippen molar-refractivity contribution in [1.29, 1.82) is 0 Å². The maximum atomic E-state index is 11.1. The van der Waals surface area contributed by atoms with Gasteiger partial charge in [-0.15, -0.1) is 0 Å². The van der Waals surface area contributed by atoms with Gasteiger partial charge in [0, 0.05) is 18.2 Å². The Morgan fingerprint density at radius 2 is 2.36 bits per heavy atom. The first-order valence-corrected chi connectivity index (χ1v) is 6.25. The highest BCUT2D eigenvalue weighted by Crippen LogP contribution is 2.28. The molecule has 1 aromatic carbocycles. The van der Waals surface area contributed by atoms with Crippen molar-refractivity contribution in [2.24, 2.45) is 4.99 Å². The SMILES string of the molecule is COc1cccc(C=N[C@@H](Cc2c[nH+]c[nH]2)C(=O)[O-])c1O.O. The van der Waals surface area contributed by atoms with Gasteiger partial charge in [0.1, 0.15) is 11.9 Å². The lowest BCUT2D eigenvalue weighted by Crippen LogP contribution is -2.36. The number of carbonyl (C=O) groups is 1. The van der Waals surface area contributed by atoms with Gasteiger partial charge in [-0.1, -0.05) is 6.07 Å². The van der Waals surface area contributed by atoms with Gasteiger partial charge in [0.25, 0.3) is 0 Å². The number of ether oxygens (including phenoxy) is 1. The summed E-state index contributed by atoms with van der Waals surface area (Å²) < 4.78 is 4.98. The topological polar surface area (TPSA) is 143 Å². The number of aliphatic imine (C=N–C) groups is 1. The van der Waals surface area contributed by atoms with Crippen LogP contribution in [0.25, 0.3) is 0 Å². The van der Waals surface area contributed by atoms with Crippen molar-refractivity contribution >= 4 is 12.2 Å². The fraction of sp³-hybridized carbons (Fsp3) is 0.214. The third kappa shape index (κ3) is 4.06. The van der Waals surface area contributed by atoms with Gasteiger partial charge in [-0.2, -0.15) is 0 Å². The smallest absolute Gasteiger partial charge is 0.239 e. The van der Waals surface area contributed by atoms with Gasteiger partial charge >= 0.3 is 0 Å². The number of nitrogens with zero attached hydrogens (tertiary/aromatic N) is 1. The standard InChI is InChI=1S/C14H15N3O4.H2O/c1-21-12-4-2-3-9(13(12)18)6-16-11(14(19)20)5-10-7-15-8-17-10;/h2-4,6-8,11,18H,5H2,1H3,(H,15,17)(H,19,20);1H2/t11-;/m0./s1. The summed E-state index contributed by atoms with van der Waals surface area (Å²) in [7, 11) is 1.43. The zero-order chi connectivity index (χ0) is 15.2. The van der Waals surface area contributed by atoms with Crippen molar-refractivity contribution < 1.29 is 30.2 Å². The molecule has 1 atom stereocenters. The number of imidazole rings is 1. The summed E-state index contributed by atoms with van der Waals surface area (Å²) in [6, 6.07) is 3.82. The first-order chi connectivity index (χ1) is 10.1. The Morgan fingerprint density at radius 1 is 1.59 bits per heavy atom. The molecule has 22 heavy (non-hydrogen) atoms. The quantitative estimate of drug-likeness (QED) is 0.626. The fourth-order valence-electron chi connectivity index (χ4n) is 1.82. The minimum absolute atomic E-state index is 0. The highest BCUT2D eigenvalue weighted by atomic mass is 16.5. The van der Waals surface area contributed by atoms with E-state index in [0.29, 0.717) is 17.0 Å². The lowest BCUT2D eigenvalue weighted by atomic mass is 10.1. The summed E-state index contributed by atoms with van der Waals surface area (Å²) in [6.07, 6.45) is 4.69. The van der Waals surface area contributed by atoms with Crippen LogP contribution in [0.15, 0.2) is 35.7 Å². The predicted octanol–water partition coefficient (Wildman–Crippen LogP) is -1.50. The average molecular weight is 307 g/mol. The number of nitrogens with one attached hydrogen (secondary N) is 2. The molecule has 0 radical (unpaired) electrons. The molecule has 8 heteroatoms. The molecule has 0 spiro atoms. The minimum Gasteiger partial charge on any atom is -0.548 e. The number of H-pyrrole nitrogens is 2. The van der Waals surface area contributed by atoms with Gasteiger partial charge in [0.05, 0.1) is 19.1 Å². The molecule has 2 rings (SSSR count). The molecule has 118 valence electrons. The summed E-state index contributed by atoms with van der Waals surface area (Å²) in [4.78, 5) is 20.7. The third-order valence-electron chi connectivity index (χ3n) is 2.93. The average Bonchev–Trinajstić information content (AvgIpc) is 2.97. The lowest BCUT2D eigenvalue weighted by molar-refractivity contribution is -0.376. The number of benzene rings is 1. The number of hydrogen-bond acceptors (Lipinski definition) is 5. The van der Waals surface area contributed by atoms with Gasteiger partial charge < -0.3 is 25.2 Å². The van der Waals surface area contributed by atoms with Crippen molar-refractivity contribution in [2.75, 3.05) is 7.11 Å². The van der Waals surface area contributed by atoms with Crippen LogP contribution >= 0.6 is 0 Å². The van der Waals surface area contributed by atoms with Crippen LogP contribution in [0.1, 0.15) is 11.3 Å². The molecule has 0 saturated carbocycles. The molecule has 8 nitrogen and oxygen atoms in total. The predicted molar refractivity (Wildman–Crippen MR) is 75.7 cm³/mol. The van der Waals surface area contributed by atoms with Crippen LogP contribution in [0.2, 0.25) is 0 Å². The van der Waals surface area contributed by atoms with E-state index in [2.05, 4.69) is 15.0 Å². The number of aromatic nitrogens is 2. The molecule has 5 N–H and O–H groups in total. The van der Waals surface area contributed by atoms with E-state index < -0.39 is 12.0 Å². The molecule has 2 aromatic rings. The van der Waals surface area contributed by atoms with Crippen LogP contribution < -0.4 is 14.8 Å². The lowest BCUT2D eigenvalue weighted by Gasteiger charge is -2.11. The number of carbonyl (C=O) groups excluding carboxylic acids is 1. The van der Waals surface area contributed by atoms with Gasteiger partial charge in [-0.3, -0.25) is 9.98 Å². The Morgan fingerprint density at radius 3 is 2.95 bits per heavy atom. The molecule has 0 aliphatic heterocycles. The second-order valence-electron chi connectivity index (χ2n) is 4.34. The summed E-state index contributed by atoms with van der Waals surface area (Å²) in [5.41, 5.74) is 1.06. The molecular weight excluding hydrogens is 290 g/mol. The number of aromatic amines is 2. The van der Waals surface area contributed by atoms with E-state index in [1.165, 1.54) is 13.3 Å². The fourth-order valence-corrected chi connectivity index (χ4v) is 1.82. The summed E-state index contributed by atoms with van der Waals surface area (Å²) in [6.45, 7) is 0. The van der Waals surface area contributed by atoms with Gasteiger partial charge in [0.15, 0.2) is 11.5 Å². The number of para-hydroxylation sites is 1. The normalized spacial score (nSPS) is 11.9. The second-order valence-corrected chi connectivity index (χ2v) is 4.34. The van der Waals surface area contributed by atoms with Gasteiger partial charge in [-0.25, -0.2) is 4.98 Å². The number of carboxylic acid groups (broad SMARTS) is 1. The highest BCUT2D eigenvalue weighted by Gasteiger charge is 2.13. The molecule has 0 amide bonds. The van der Waals surface area contributed by atoms with Crippen LogP contribution in [-0.4, -0.2) is 40.9 Å². The van der Waals surface area contributed by atoms with Gasteiger partial charge in [-0.05, 0) is 12.1 Å². The highest BCUT2D eigenvalue weighted by molar-refractivity contribution is 5.86. The number of carboxylic acids is 1. The van der Waals surface area contributed by atoms with Crippen LogP contribution in [0.4, 0.5) is 0 Å². The zero-order valence-electron chi connectivity index (χ0n) is 11.9. The number of rotatable bonds is 6. The number of aliphatic carboxylic acids is 1. The van der Waals surface area contributed by atoms with Crippen LogP contribution in [0.5, 0.6) is 11.5 Å². The number of phenolic OH excluding ortho intramolecular Hbond substituents is 1.